The molecule has 0 bridgehead atoms. The first-order chi connectivity index (χ1) is 6.76. The number of hydrogen-bond acceptors (Lipinski definition) is 4. The van der Waals surface area contributed by atoms with Crippen molar-refractivity contribution in [2.24, 2.45) is 0 Å². The second-order valence-corrected chi connectivity index (χ2v) is 3.56. The van der Waals surface area contributed by atoms with Gasteiger partial charge < -0.3 is 5.32 Å². The first-order valence-electron chi connectivity index (χ1n) is 4.68. The van der Waals surface area contributed by atoms with Crippen LogP contribution < -0.4 is 5.32 Å². The van der Waals surface area contributed by atoms with Gasteiger partial charge in [-0.3, -0.25) is 9.69 Å². The highest BCUT2D eigenvalue weighted by Crippen LogP contribution is 2.05. The van der Waals surface area contributed by atoms with E-state index in [-0.39, 0.29) is 5.91 Å². The average Bonchev–Trinajstić information content (AvgIpc) is 2.66. The van der Waals surface area contributed by atoms with Gasteiger partial charge in [-0.05, 0) is 30.7 Å². The number of rotatable bonds is 5. The highest BCUT2D eigenvalue weighted by Gasteiger charge is 2.07. The Hall–Kier alpha value is -0.940. The second-order valence-electron chi connectivity index (χ2n) is 2.89. The van der Waals surface area contributed by atoms with Crippen molar-refractivity contribution >= 4 is 23.3 Å². The van der Waals surface area contributed by atoms with Crippen LogP contribution in [0.5, 0.6) is 0 Å². The third kappa shape index (κ3) is 3.43. The largest absolute Gasteiger partial charge is 0.309 e. The first kappa shape index (κ1) is 11.1. The molecule has 0 unspecified atom stereocenters. The Morgan fingerprint density at radius 2 is 2.29 bits per heavy atom. The molecule has 1 N–H and O–H groups in total. The van der Waals surface area contributed by atoms with Gasteiger partial charge >= 0.3 is 0 Å². The zero-order valence-electron chi connectivity index (χ0n) is 8.49. The van der Waals surface area contributed by atoms with Gasteiger partial charge in [-0.25, -0.2) is 0 Å². The Morgan fingerprint density at radius 1 is 1.57 bits per heavy atom. The van der Waals surface area contributed by atoms with E-state index >= 15 is 0 Å². The van der Waals surface area contributed by atoms with Crippen molar-refractivity contribution in [1.29, 1.82) is 0 Å². The van der Waals surface area contributed by atoms with Crippen LogP contribution in [0.1, 0.15) is 13.8 Å². The molecule has 0 aromatic carbocycles. The number of carbonyl (C=O) groups excluding carboxylic acids is 1. The summed E-state index contributed by atoms with van der Waals surface area (Å²) in [5, 5.41) is 4.58. The molecular weight excluding hydrogens is 198 g/mol. The normalized spacial score (nSPS) is 10.5. The van der Waals surface area contributed by atoms with Crippen LogP contribution in [-0.2, 0) is 4.79 Å². The SMILES string of the molecule is CCN(CC)CC(=O)Nc1ccsn1. The lowest BCUT2D eigenvalue weighted by Crippen LogP contribution is -2.32. The quantitative estimate of drug-likeness (QED) is 0.804. The molecule has 1 aromatic rings. The monoisotopic (exact) mass is 213 g/mol. The Bertz CT molecular complexity index is 270. The summed E-state index contributed by atoms with van der Waals surface area (Å²) in [4.78, 5) is 13.5. The maximum absolute atomic E-state index is 11.5. The fourth-order valence-electron chi connectivity index (χ4n) is 1.11. The van der Waals surface area contributed by atoms with E-state index in [1.807, 2.05) is 19.2 Å². The summed E-state index contributed by atoms with van der Waals surface area (Å²) in [6.07, 6.45) is 0. The molecular formula is C9H15N3OS. The molecule has 0 radical (unpaired) electrons. The van der Waals surface area contributed by atoms with E-state index in [0.717, 1.165) is 13.1 Å². The van der Waals surface area contributed by atoms with Crippen molar-refractivity contribution in [2.75, 3.05) is 25.0 Å². The topological polar surface area (TPSA) is 45.2 Å². The molecule has 1 amide bonds. The Labute approximate surface area is 88.1 Å². The number of aromatic nitrogens is 1. The highest BCUT2D eigenvalue weighted by atomic mass is 32.1. The fourth-order valence-corrected chi connectivity index (χ4v) is 1.58. The van der Waals surface area contributed by atoms with Gasteiger partial charge in [0.1, 0.15) is 5.82 Å². The number of amides is 1. The summed E-state index contributed by atoms with van der Waals surface area (Å²) in [5.74, 6) is 0.645. The molecule has 0 saturated carbocycles. The van der Waals surface area contributed by atoms with Crippen LogP contribution in [0, 0.1) is 0 Å². The maximum Gasteiger partial charge on any atom is 0.239 e. The molecule has 5 heteroatoms. The number of carbonyl (C=O) groups is 1. The lowest BCUT2D eigenvalue weighted by atomic mass is 10.4. The molecule has 1 heterocycles. The molecule has 0 atom stereocenters. The van der Waals surface area contributed by atoms with Crippen molar-refractivity contribution < 1.29 is 4.79 Å². The number of anilines is 1. The van der Waals surface area contributed by atoms with Crippen LogP contribution in [0.2, 0.25) is 0 Å². The summed E-state index contributed by atoms with van der Waals surface area (Å²) >= 11 is 1.33. The lowest BCUT2D eigenvalue weighted by Gasteiger charge is -2.16. The fraction of sp³-hybridized carbons (Fsp3) is 0.556. The van der Waals surface area contributed by atoms with E-state index in [0.29, 0.717) is 12.4 Å². The van der Waals surface area contributed by atoms with E-state index in [9.17, 15) is 4.79 Å². The van der Waals surface area contributed by atoms with Crippen LogP contribution >= 0.6 is 11.5 Å². The van der Waals surface area contributed by atoms with Crippen LogP contribution in [0.25, 0.3) is 0 Å². The zero-order chi connectivity index (χ0) is 10.4. The molecule has 78 valence electrons. The van der Waals surface area contributed by atoms with Gasteiger partial charge in [0.2, 0.25) is 5.91 Å². The van der Waals surface area contributed by atoms with E-state index in [2.05, 4.69) is 14.6 Å². The van der Waals surface area contributed by atoms with Gasteiger partial charge in [0, 0.05) is 5.38 Å². The Morgan fingerprint density at radius 3 is 2.79 bits per heavy atom. The van der Waals surface area contributed by atoms with E-state index in [4.69, 9.17) is 0 Å². The predicted molar refractivity (Wildman–Crippen MR) is 58.5 cm³/mol. The van der Waals surface area contributed by atoms with Gasteiger partial charge in [0.05, 0.1) is 6.54 Å². The second kappa shape index (κ2) is 5.72. The third-order valence-electron chi connectivity index (χ3n) is 1.97. The van der Waals surface area contributed by atoms with Crippen LogP contribution in [-0.4, -0.2) is 34.8 Å². The minimum absolute atomic E-state index is 0.000370. The molecule has 0 spiro atoms. The van der Waals surface area contributed by atoms with Gasteiger partial charge in [-0.15, -0.1) is 0 Å². The molecule has 4 nitrogen and oxygen atoms in total. The van der Waals surface area contributed by atoms with Crippen molar-refractivity contribution in [3.05, 3.63) is 11.4 Å². The average molecular weight is 213 g/mol. The summed E-state index contributed by atoms with van der Waals surface area (Å²) in [6.45, 7) is 6.30. The summed E-state index contributed by atoms with van der Waals surface area (Å²) in [5.41, 5.74) is 0. The molecule has 1 aromatic heterocycles. The maximum atomic E-state index is 11.5. The van der Waals surface area contributed by atoms with E-state index in [1.54, 1.807) is 6.07 Å². The third-order valence-corrected chi connectivity index (χ3v) is 2.53. The van der Waals surface area contributed by atoms with Gasteiger partial charge in [0.15, 0.2) is 0 Å². The van der Waals surface area contributed by atoms with E-state index < -0.39 is 0 Å². The number of hydrogen-bond donors (Lipinski definition) is 1. The predicted octanol–water partition coefficient (Wildman–Crippen LogP) is 1.42. The van der Waals surface area contributed by atoms with Gasteiger partial charge in [0.25, 0.3) is 0 Å². The van der Waals surface area contributed by atoms with Crippen LogP contribution in [0.4, 0.5) is 5.82 Å². The minimum Gasteiger partial charge on any atom is -0.309 e. The number of likely N-dealkylation sites (N-methyl/N-ethyl adjacent to an activating group) is 1. The van der Waals surface area contributed by atoms with Crippen molar-refractivity contribution in [3.63, 3.8) is 0 Å². The molecule has 0 aliphatic carbocycles. The van der Waals surface area contributed by atoms with Crippen LogP contribution in [0.3, 0.4) is 0 Å². The van der Waals surface area contributed by atoms with Crippen molar-refractivity contribution in [1.82, 2.24) is 9.27 Å². The summed E-state index contributed by atoms with van der Waals surface area (Å²) in [6, 6.07) is 1.80. The zero-order valence-corrected chi connectivity index (χ0v) is 9.30. The van der Waals surface area contributed by atoms with Gasteiger partial charge in [-0.1, -0.05) is 13.8 Å². The summed E-state index contributed by atoms with van der Waals surface area (Å²) < 4.78 is 4.01. The smallest absolute Gasteiger partial charge is 0.239 e. The lowest BCUT2D eigenvalue weighted by molar-refractivity contribution is -0.117. The van der Waals surface area contributed by atoms with Crippen molar-refractivity contribution in [2.45, 2.75) is 13.8 Å². The van der Waals surface area contributed by atoms with E-state index in [1.165, 1.54) is 11.5 Å². The van der Waals surface area contributed by atoms with Gasteiger partial charge in [-0.2, -0.15) is 4.37 Å². The standard InChI is InChI=1S/C9H15N3OS/c1-3-12(4-2)7-9(13)10-8-5-6-14-11-8/h5-6H,3-4,7H2,1-2H3,(H,10,11,13). The van der Waals surface area contributed by atoms with Crippen LogP contribution in [0.15, 0.2) is 11.4 Å². The molecule has 14 heavy (non-hydrogen) atoms. The molecule has 0 fully saturated rings. The Kier molecular flexibility index (Phi) is 4.55. The molecule has 0 aliphatic rings. The number of nitrogens with zero attached hydrogens (tertiary/aromatic N) is 2. The summed E-state index contributed by atoms with van der Waals surface area (Å²) in [7, 11) is 0. The number of nitrogens with one attached hydrogen (secondary N) is 1. The van der Waals surface area contributed by atoms with Crippen molar-refractivity contribution in [3.8, 4) is 0 Å². The minimum atomic E-state index is -0.000370. The molecule has 1 rings (SSSR count). The first-order valence-corrected chi connectivity index (χ1v) is 5.52. The molecule has 0 aliphatic heterocycles. The Balaban J connectivity index is 2.35. The molecule has 0 saturated heterocycles. The highest BCUT2D eigenvalue weighted by molar-refractivity contribution is 7.03.